The maximum atomic E-state index is 12.5. The zero-order valence-electron chi connectivity index (χ0n) is 14.2. The van der Waals surface area contributed by atoms with Gasteiger partial charge in [-0.2, -0.15) is 0 Å². The van der Waals surface area contributed by atoms with Gasteiger partial charge >= 0.3 is 0 Å². The molecule has 1 N–H and O–H groups in total. The average molecular weight is 306 g/mol. The summed E-state index contributed by atoms with van der Waals surface area (Å²) < 4.78 is 0. The van der Waals surface area contributed by atoms with Crippen LogP contribution in [0.5, 0.6) is 0 Å². The van der Waals surface area contributed by atoms with Crippen LogP contribution in [0.25, 0.3) is 0 Å². The number of hydrogen-bond donors (Lipinski definition) is 1. The smallest absolute Gasteiger partial charge is 0.224 e. The van der Waals surface area contributed by atoms with E-state index in [0.717, 1.165) is 25.3 Å². The molecule has 1 saturated heterocycles. The zero-order valence-corrected chi connectivity index (χ0v) is 14.2. The van der Waals surface area contributed by atoms with E-state index in [9.17, 15) is 4.79 Å². The molecule has 1 heterocycles. The number of rotatable bonds is 2. The molecule has 1 aliphatic heterocycles. The Hall–Kier alpha value is -0.570. The van der Waals surface area contributed by atoms with Gasteiger partial charge in [0.2, 0.25) is 5.91 Å². The summed E-state index contributed by atoms with van der Waals surface area (Å²) in [7, 11) is 0. The predicted molar refractivity (Wildman–Crippen MR) is 90.8 cm³/mol. The first kappa shape index (κ1) is 16.3. The molecule has 0 bridgehead atoms. The Morgan fingerprint density at radius 2 is 1.64 bits per heavy atom. The van der Waals surface area contributed by atoms with Gasteiger partial charge in [-0.25, -0.2) is 0 Å². The minimum absolute atomic E-state index is 0.265. The molecule has 3 aliphatic rings. The summed E-state index contributed by atoms with van der Waals surface area (Å²) in [6, 6.07) is 0.528. The van der Waals surface area contributed by atoms with Gasteiger partial charge in [-0.05, 0) is 51.0 Å². The van der Waals surface area contributed by atoms with Crippen molar-refractivity contribution in [3.8, 4) is 0 Å². The van der Waals surface area contributed by atoms with Crippen molar-refractivity contribution in [2.24, 2.45) is 11.8 Å². The van der Waals surface area contributed by atoms with Crippen molar-refractivity contribution in [2.75, 3.05) is 19.6 Å². The van der Waals surface area contributed by atoms with Gasteiger partial charge in [-0.1, -0.05) is 38.5 Å². The Morgan fingerprint density at radius 3 is 2.50 bits per heavy atom. The largest absolute Gasteiger partial charge is 0.356 e. The fourth-order valence-corrected chi connectivity index (χ4v) is 4.91. The van der Waals surface area contributed by atoms with Gasteiger partial charge in [0.15, 0.2) is 0 Å². The van der Waals surface area contributed by atoms with Crippen molar-refractivity contribution in [3.63, 3.8) is 0 Å². The molecule has 3 nitrogen and oxygen atoms in total. The summed E-state index contributed by atoms with van der Waals surface area (Å²) in [6.07, 6.45) is 15.8. The molecule has 126 valence electrons. The van der Waals surface area contributed by atoms with Gasteiger partial charge in [0.25, 0.3) is 0 Å². The Kier molecular flexibility index (Phi) is 6.17. The number of fused-ring (bicyclic) bond motifs is 1. The van der Waals surface area contributed by atoms with Gasteiger partial charge in [-0.15, -0.1) is 0 Å². The van der Waals surface area contributed by atoms with Crippen LogP contribution >= 0.6 is 0 Å². The van der Waals surface area contributed by atoms with Crippen LogP contribution in [0.4, 0.5) is 0 Å². The Balaban J connectivity index is 1.66. The molecule has 0 aromatic carbocycles. The highest BCUT2D eigenvalue weighted by Crippen LogP contribution is 2.33. The van der Waals surface area contributed by atoms with Crippen LogP contribution in [0.2, 0.25) is 0 Å². The SMILES string of the molecule is O=C1NCCCCCCN(CC2CCCCC2)[C@H]2CCC[C@@H]12. The van der Waals surface area contributed by atoms with Crippen LogP contribution in [0.1, 0.15) is 77.0 Å². The molecule has 0 unspecified atom stereocenters. The van der Waals surface area contributed by atoms with Crippen molar-refractivity contribution < 1.29 is 4.79 Å². The second kappa shape index (κ2) is 8.33. The number of carbonyl (C=O) groups excluding carboxylic acids is 1. The summed E-state index contributed by atoms with van der Waals surface area (Å²) in [6.45, 7) is 3.38. The van der Waals surface area contributed by atoms with Gasteiger partial charge in [0.1, 0.15) is 0 Å². The first-order valence-electron chi connectivity index (χ1n) is 9.86. The van der Waals surface area contributed by atoms with Crippen molar-refractivity contribution in [2.45, 2.75) is 83.1 Å². The Bertz CT molecular complexity index is 351. The van der Waals surface area contributed by atoms with E-state index in [1.165, 1.54) is 77.3 Å². The quantitative estimate of drug-likeness (QED) is 0.843. The van der Waals surface area contributed by atoms with E-state index in [0.29, 0.717) is 11.9 Å². The normalized spacial score (nSPS) is 33.0. The second-order valence-electron chi connectivity index (χ2n) is 7.81. The molecule has 2 aliphatic carbocycles. The molecule has 22 heavy (non-hydrogen) atoms. The molecule has 3 rings (SSSR count). The van der Waals surface area contributed by atoms with Crippen LogP contribution in [-0.4, -0.2) is 36.5 Å². The molecule has 2 saturated carbocycles. The Labute approximate surface area is 136 Å². The van der Waals surface area contributed by atoms with E-state index in [4.69, 9.17) is 0 Å². The Morgan fingerprint density at radius 1 is 0.864 bits per heavy atom. The standard InChI is InChI=1S/C19H34N2O/c22-19-17-11-8-12-18(17)21(14-7-2-1-6-13-20-19)15-16-9-4-3-5-10-16/h16-18H,1-15H2,(H,20,22)/t17-,18+/m1/s1. The lowest BCUT2D eigenvalue weighted by molar-refractivity contribution is -0.126. The minimum atomic E-state index is 0.265. The third-order valence-electron chi connectivity index (χ3n) is 6.17. The molecule has 0 aromatic heterocycles. The van der Waals surface area contributed by atoms with E-state index in [2.05, 4.69) is 10.2 Å². The number of carbonyl (C=O) groups is 1. The van der Waals surface area contributed by atoms with Crippen LogP contribution in [-0.2, 0) is 4.79 Å². The topological polar surface area (TPSA) is 32.3 Å². The lowest BCUT2D eigenvalue weighted by Crippen LogP contribution is -2.46. The average Bonchev–Trinajstić information content (AvgIpc) is 3.02. The summed E-state index contributed by atoms with van der Waals surface area (Å²) >= 11 is 0. The monoisotopic (exact) mass is 306 g/mol. The molecular weight excluding hydrogens is 272 g/mol. The number of hydrogen-bond acceptors (Lipinski definition) is 2. The number of nitrogens with zero attached hydrogens (tertiary/aromatic N) is 1. The third kappa shape index (κ3) is 4.24. The van der Waals surface area contributed by atoms with Gasteiger partial charge in [0, 0.05) is 19.1 Å². The highest BCUT2D eigenvalue weighted by Gasteiger charge is 2.37. The van der Waals surface area contributed by atoms with Crippen molar-refractivity contribution in [1.82, 2.24) is 10.2 Å². The number of amides is 1. The first-order valence-corrected chi connectivity index (χ1v) is 9.86. The van der Waals surface area contributed by atoms with Crippen LogP contribution < -0.4 is 5.32 Å². The van der Waals surface area contributed by atoms with E-state index < -0.39 is 0 Å². The summed E-state index contributed by atoms with van der Waals surface area (Å²) in [5.74, 6) is 1.50. The maximum Gasteiger partial charge on any atom is 0.224 e. The lowest BCUT2D eigenvalue weighted by Gasteiger charge is -2.36. The predicted octanol–water partition coefficient (Wildman–Crippen LogP) is 3.73. The molecular formula is C19H34N2O. The van der Waals surface area contributed by atoms with Crippen LogP contribution in [0, 0.1) is 11.8 Å². The fraction of sp³-hybridized carbons (Fsp3) is 0.947. The van der Waals surface area contributed by atoms with Gasteiger partial charge in [0.05, 0.1) is 5.92 Å². The summed E-state index contributed by atoms with van der Waals surface area (Å²) in [5.41, 5.74) is 0. The zero-order chi connectivity index (χ0) is 15.2. The molecule has 3 fully saturated rings. The van der Waals surface area contributed by atoms with Crippen molar-refractivity contribution in [3.05, 3.63) is 0 Å². The highest BCUT2D eigenvalue weighted by molar-refractivity contribution is 5.79. The minimum Gasteiger partial charge on any atom is -0.356 e. The fourth-order valence-electron chi connectivity index (χ4n) is 4.91. The van der Waals surface area contributed by atoms with Crippen molar-refractivity contribution in [1.29, 1.82) is 0 Å². The molecule has 3 heteroatoms. The summed E-state index contributed by atoms with van der Waals surface area (Å²) in [4.78, 5) is 15.3. The molecule has 0 radical (unpaired) electrons. The molecule has 2 atom stereocenters. The molecule has 0 aromatic rings. The first-order chi connectivity index (χ1) is 10.8. The van der Waals surface area contributed by atoms with E-state index in [-0.39, 0.29) is 5.92 Å². The number of nitrogens with one attached hydrogen (secondary N) is 1. The van der Waals surface area contributed by atoms with Crippen LogP contribution in [0.15, 0.2) is 0 Å². The highest BCUT2D eigenvalue weighted by atomic mass is 16.1. The van der Waals surface area contributed by atoms with Gasteiger partial charge in [-0.3, -0.25) is 9.69 Å². The van der Waals surface area contributed by atoms with E-state index >= 15 is 0 Å². The van der Waals surface area contributed by atoms with Gasteiger partial charge < -0.3 is 5.32 Å². The molecule has 1 amide bonds. The lowest BCUT2D eigenvalue weighted by atomic mass is 9.88. The van der Waals surface area contributed by atoms with E-state index in [1.807, 2.05) is 0 Å². The third-order valence-corrected chi connectivity index (χ3v) is 6.17. The van der Waals surface area contributed by atoms with E-state index in [1.54, 1.807) is 0 Å². The van der Waals surface area contributed by atoms with Crippen LogP contribution in [0.3, 0.4) is 0 Å². The summed E-state index contributed by atoms with van der Waals surface area (Å²) in [5, 5.41) is 3.21. The van der Waals surface area contributed by atoms with Crippen molar-refractivity contribution >= 4 is 5.91 Å². The maximum absolute atomic E-state index is 12.5. The molecule has 0 spiro atoms. The second-order valence-corrected chi connectivity index (χ2v) is 7.81.